The number of carboxylic acid groups (broad SMARTS) is 1. The van der Waals surface area contributed by atoms with Crippen LogP contribution in [-0.4, -0.2) is 26.7 Å². The largest absolute Gasteiger partial charge is 0.481 e. The molecule has 0 bridgehead atoms. The minimum atomic E-state index is -0.902. The number of carboxylic acids is 1. The van der Waals surface area contributed by atoms with Crippen LogP contribution in [0.2, 0.25) is 0 Å². The van der Waals surface area contributed by atoms with E-state index in [0.717, 1.165) is 0 Å². The van der Waals surface area contributed by atoms with Crippen LogP contribution in [0.5, 0.6) is 0 Å². The van der Waals surface area contributed by atoms with Gasteiger partial charge in [-0.15, -0.1) is 0 Å². The zero-order chi connectivity index (χ0) is 16.2. The molecular weight excluding hydrogens is 270 g/mol. The number of nitrogens with zero attached hydrogens (tertiary/aromatic N) is 2. The summed E-state index contributed by atoms with van der Waals surface area (Å²) in [6, 6.07) is -0.370. The highest BCUT2D eigenvalue weighted by Gasteiger charge is 2.28. The van der Waals surface area contributed by atoms with Crippen LogP contribution in [0.15, 0.2) is 17.2 Å². The Bertz CT molecular complexity index is 544. The Kier molecular flexibility index (Phi) is 5.52. The lowest BCUT2D eigenvalue weighted by atomic mass is 9.85. The van der Waals surface area contributed by atoms with Gasteiger partial charge in [-0.05, 0) is 11.3 Å². The summed E-state index contributed by atoms with van der Waals surface area (Å²) in [5.74, 6) is -0.351. The molecule has 2 N–H and O–H groups in total. The molecule has 21 heavy (non-hydrogen) atoms. The molecule has 0 spiro atoms. The Balaban J connectivity index is 3.04. The molecule has 6 heteroatoms. The summed E-state index contributed by atoms with van der Waals surface area (Å²) >= 11 is 0. The van der Waals surface area contributed by atoms with E-state index in [1.54, 1.807) is 17.0 Å². The first kappa shape index (κ1) is 17.2. The molecule has 1 heterocycles. The third-order valence-electron chi connectivity index (χ3n) is 3.21. The van der Waals surface area contributed by atoms with Gasteiger partial charge in [-0.25, -0.2) is 4.98 Å². The Labute approximate surface area is 125 Å². The van der Waals surface area contributed by atoms with Crippen LogP contribution < -0.4 is 10.9 Å². The van der Waals surface area contributed by atoms with Crippen molar-refractivity contribution < 1.29 is 9.90 Å². The summed E-state index contributed by atoms with van der Waals surface area (Å²) < 4.78 is 1.60. The molecule has 118 valence electrons. The van der Waals surface area contributed by atoms with Crippen molar-refractivity contribution in [2.24, 2.45) is 11.3 Å². The molecule has 0 saturated heterocycles. The molecule has 6 nitrogen and oxygen atoms in total. The van der Waals surface area contributed by atoms with Gasteiger partial charge < -0.3 is 15.0 Å². The van der Waals surface area contributed by atoms with Crippen molar-refractivity contribution in [1.82, 2.24) is 9.55 Å². The summed E-state index contributed by atoms with van der Waals surface area (Å²) in [7, 11) is 0. The fraction of sp³-hybridized carbons (Fsp3) is 0.667. The maximum absolute atomic E-state index is 12.3. The van der Waals surface area contributed by atoms with Crippen molar-refractivity contribution in [2.45, 2.75) is 53.6 Å². The highest BCUT2D eigenvalue weighted by atomic mass is 16.4. The number of rotatable bonds is 6. The van der Waals surface area contributed by atoms with Crippen LogP contribution in [-0.2, 0) is 11.3 Å². The molecule has 1 unspecified atom stereocenters. The van der Waals surface area contributed by atoms with Crippen LogP contribution in [0.1, 0.15) is 41.0 Å². The number of hydrogen-bond donors (Lipinski definition) is 2. The lowest BCUT2D eigenvalue weighted by Crippen LogP contribution is -2.39. The molecule has 0 aromatic carbocycles. The summed E-state index contributed by atoms with van der Waals surface area (Å²) in [4.78, 5) is 27.4. The Morgan fingerprint density at radius 2 is 2.05 bits per heavy atom. The molecule has 0 aliphatic heterocycles. The molecule has 1 aromatic heterocycles. The van der Waals surface area contributed by atoms with Gasteiger partial charge in [0.25, 0.3) is 5.56 Å². The lowest BCUT2D eigenvalue weighted by molar-refractivity contribution is -0.137. The molecule has 0 aliphatic carbocycles. The van der Waals surface area contributed by atoms with E-state index < -0.39 is 5.97 Å². The maximum atomic E-state index is 12.3. The normalized spacial score (nSPS) is 13.2. The molecule has 0 aliphatic rings. The molecular formula is C15H25N3O3. The molecule has 1 atom stereocenters. The Morgan fingerprint density at radius 1 is 1.43 bits per heavy atom. The summed E-state index contributed by atoms with van der Waals surface area (Å²) in [6.07, 6.45) is 3.15. The van der Waals surface area contributed by atoms with Crippen LogP contribution in [0.25, 0.3) is 0 Å². The van der Waals surface area contributed by atoms with Crippen molar-refractivity contribution in [1.29, 1.82) is 0 Å². The number of hydrogen-bond acceptors (Lipinski definition) is 4. The smallest absolute Gasteiger partial charge is 0.305 e. The summed E-state index contributed by atoms with van der Waals surface area (Å²) in [6.45, 7) is 10.5. The van der Waals surface area contributed by atoms with E-state index in [1.165, 1.54) is 0 Å². The van der Waals surface area contributed by atoms with Gasteiger partial charge in [0.05, 0.1) is 6.42 Å². The highest BCUT2D eigenvalue weighted by molar-refractivity contribution is 5.68. The lowest BCUT2D eigenvalue weighted by Gasteiger charge is -2.30. The van der Waals surface area contributed by atoms with Crippen LogP contribution >= 0.6 is 0 Å². The molecule has 0 amide bonds. The fourth-order valence-electron chi connectivity index (χ4n) is 2.00. The zero-order valence-corrected chi connectivity index (χ0v) is 13.4. The number of carbonyl (C=O) groups is 1. The first-order valence-electron chi connectivity index (χ1n) is 7.15. The quantitative estimate of drug-likeness (QED) is 0.840. The van der Waals surface area contributed by atoms with Crippen molar-refractivity contribution in [3.05, 3.63) is 22.7 Å². The number of nitrogens with one attached hydrogen (secondary N) is 1. The highest BCUT2D eigenvalue weighted by Crippen LogP contribution is 2.24. The third kappa shape index (κ3) is 5.21. The van der Waals surface area contributed by atoms with Crippen LogP contribution in [0, 0.1) is 11.3 Å². The second-order valence-electron chi connectivity index (χ2n) is 6.79. The van der Waals surface area contributed by atoms with E-state index >= 15 is 0 Å². The predicted molar refractivity (Wildman–Crippen MR) is 82.5 cm³/mol. The Hall–Kier alpha value is -1.85. The second-order valence-corrected chi connectivity index (χ2v) is 6.79. The summed E-state index contributed by atoms with van der Waals surface area (Å²) in [5, 5.41) is 12.0. The SMILES string of the molecule is CC(C)Cn1ccnc(NC(CC(=O)O)C(C)(C)C)c1=O. The van der Waals surface area contributed by atoms with Crippen molar-refractivity contribution >= 4 is 11.8 Å². The topological polar surface area (TPSA) is 84.2 Å². The van der Waals surface area contributed by atoms with Gasteiger partial charge in [0.15, 0.2) is 5.82 Å². The second kappa shape index (κ2) is 6.74. The monoisotopic (exact) mass is 295 g/mol. The van der Waals surface area contributed by atoms with Gasteiger partial charge in [0.2, 0.25) is 0 Å². The standard InChI is InChI=1S/C15H25N3O3/c1-10(2)9-18-7-6-16-13(14(18)21)17-11(8-12(19)20)15(3,4)5/h6-7,10-11H,8-9H2,1-5H3,(H,16,17)(H,19,20). The maximum Gasteiger partial charge on any atom is 0.305 e. The van der Waals surface area contributed by atoms with E-state index in [2.05, 4.69) is 10.3 Å². The van der Waals surface area contributed by atoms with Gasteiger partial charge in [-0.2, -0.15) is 0 Å². The first-order valence-corrected chi connectivity index (χ1v) is 7.15. The van der Waals surface area contributed by atoms with E-state index in [1.807, 2.05) is 34.6 Å². The van der Waals surface area contributed by atoms with E-state index in [0.29, 0.717) is 12.5 Å². The van der Waals surface area contributed by atoms with Gasteiger partial charge in [-0.3, -0.25) is 9.59 Å². The van der Waals surface area contributed by atoms with Gasteiger partial charge in [0.1, 0.15) is 0 Å². The number of anilines is 1. The average Bonchev–Trinajstić information content (AvgIpc) is 2.31. The average molecular weight is 295 g/mol. The van der Waals surface area contributed by atoms with E-state index in [-0.39, 0.29) is 29.3 Å². The van der Waals surface area contributed by atoms with Gasteiger partial charge in [-0.1, -0.05) is 34.6 Å². The Morgan fingerprint density at radius 3 is 2.52 bits per heavy atom. The minimum absolute atomic E-state index is 0.0658. The third-order valence-corrected chi connectivity index (χ3v) is 3.21. The summed E-state index contributed by atoms with van der Waals surface area (Å²) in [5.41, 5.74) is -0.517. The molecule has 1 aromatic rings. The van der Waals surface area contributed by atoms with Gasteiger partial charge in [0, 0.05) is 25.0 Å². The fourth-order valence-corrected chi connectivity index (χ4v) is 2.00. The van der Waals surface area contributed by atoms with Crippen LogP contribution in [0.3, 0.4) is 0 Å². The van der Waals surface area contributed by atoms with Crippen molar-refractivity contribution in [3.8, 4) is 0 Å². The number of aliphatic carboxylic acids is 1. The minimum Gasteiger partial charge on any atom is -0.481 e. The van der Waals surface area contributed by atoms with Crippen molar-refractivity contribution in [3.63, 3.8) is 0 Å². The van der Waals surface area contributed by atoms with Crippen molar-refractivity contribution in [2.75, 3.05) is 5.32 Å². The predicted octanol–water partition coefficient (Wildman–Crippen LogP) is 2.20. The molecule has 1 rings (SSSR count). The van der Waals surface area contributed by atoms with E-state index in [9.17, 15) is 9.59 Å². The first-order chi connectivity index (χ1) is 9.61. The van der Waals surface area contributed by atoms with Crippen LogP contribution in [0.4, 0.5) is 5.82 Å². The van der Waals surface area contributed by atoms with Gasteiger partial charge >= 0.3 is 5.97 Å². The number of aromatic nitrogens is 2. The zero-order valence-electron chi connectivity index (χ0n) is 13.4. The molecule has 0 radical (unpaired) electrons. The molecule has 0 fully saturated rings. The molecule has 0 saturated carbocycles. The van der Waals surface area contributed by atoms with E-state index in [4.69, 9.17) is 5.11 Å².